The number of halogens is 2. The lowest BCUT2D eigenvalue weighted by molar-refractivity contribution is 0.580. The summed E-state index contributed by atoms with van der Waals surface area (Å²) < 4.78 is 41.5. The average Bonchev–Trinajstić information content (AvgIpc) is 2.90. The van der Waals surface area contributed by atoms with Gasteiger partial charge in [-0.3, -0.25) is 0 Å². The normalized spacial score (nSPS) is 14.2. The molecule has 132 valence electrons. The van der Waals surface area contributed by atoms with Crippen LogP contribution in [0.25, 0.3) is 10.9 Å². The summed E-state index contributed by atoms with van der Waals surface area (Å²) in [5.41, 5.74) is 3.15. The zero-order valence-corrected chi connectivity index (χ0v) is 15.3. The van der Waals surface area contributed by atoms with Gasteiger partial charge in [0.05, 0.1) is 10.4 Å². The first-order chi connectivity index (χ1) is 11.5. The molecule has 25 heavy (non-hydrogen) atoms. The molecule has 1 aromatic heterocycles. The van der Waals surface area contributed by atoms with Gasteiger partial charge < -0.3 is 5.32 Å². The lowest BCUT2D eigenvalue weighted by atomic mass is 10.1. The van der Waals surface area contributed by atoms with Crippen LogP contribution in [-0.2, 0) is 23.0 Å². The van der Waals surface area contributed by atoms with Crippen molar-refractivity contribution in [2.75, 3.05) is 6.54 Å². The van der Waals surface area contributed by atoms with Gasteiger partial charge in [-0.15, -0.1) is 12.4 Å². The number of rotatable bonds is 2. The van der Waals surface area contributed by atoms with Gasteiger partial charge >= 0.3 is 0 Å². The third-order valence-electron chi connectivity index (χ3n) is 4.50. The fraction of sp³-hybridized carbons (Fsp3) is 0.222. The molecule has 0 unspecified atom stereocenters. The zero-order chi connectivity index (χ0) is 16.9. The summed E-state index contributed by atoms with van der Waals surface area (Å²) in [5.74, 6) is -0.360. The van der Waals surface area contributed by atoms with Gasteiger partial charge in [0.2, 0.25) is 0 Å². The number of hydrogen-bond acceptors (Lipinski definition) is 3. The highest BCUT2D eigenvalue weighted by atomic mass is 35.5. The topological polar surface area (TPSA) is 51.1 Å². The summed E-state index contributed by atoms with van der Waals surface area (Å²) in [4.78, 5) is 0.246. The molecule has 1 aliphatic rings. The molecule has 2 aromatic carbocycles. The van der Waals surface area contributed by atoms with Crippen molar-refractivity contribution < 1.29 is 12.8 Å². The quantitative estimate of drug-likeness (QED) is 0.741. The first-order valence-electron chi connectivity index (χ1n) is 7.83. The Labute approximate surface area is 152 Å². The van der Waals surface area contributed by atoms with E-state index in [0.717, 1.165) is 16.8 Å². The Morgan fingerprint density at radius 1 is 1.12 bits per heavy atom. The molecule has 0 aliphatic carbocycles. The number of aryl methyl sites for hydroxylation is 1. The highest BCUT2D eigenvalue weighted by Crippen LogP contribution is 2.32. The zero-order valence-electron chi connectivity index (χ0n) is 13.6. The van der Waals surface area contributed by atoms with Gasteiger partial charge in [-0.1, -0.05) is 17.7 Å². The molecule has 4 nitrogen and oxygen atoms in total. The van der Waals surface area contributed by atoms with E-state index in [0.29, 0.717) is 30.4 Å². The lowest BCUT2D eigenvalue weighted by Crippen LogP contribution is -2.26. The number of nitrogens with zero attached hydrogens (tertiary/aromatic N) is 1. The second-order valence-electron chi connectivity index (χ2n) is 6.10. The molecule has 0 fully saturated rings. The standard InChI is InChI=1S/C18H17FN2O2S.ClH/c1-12-2-5-14(6-3-12)24(22,23)21-17-7-4-13(19)10-15(17)16-11-20-9-8-18(16)21;/h2-7,10,20H,8-9,11H2,1H3;1H. The van der Waals surface area contributed by atoms with Gasteiger partial charge in [-0.25, -0.2) is 16.8 Å². The molecular weight excluding hydrogens is 363 g/mol. The SMILES string of the molecule is Cc1ccc(S(=O)(=O)n2c3c(c4cc(F)ccc42)CNCC3)cc1.Cl. The van der Waals surface area contributed by atoms with Crippen LogP contribution < -0.4 is 5.32 Å². The van der Waals surface area contributed by atoms with E-state index in [4.69, 9.17) is 0 Å². The third-order valence-corrected chi connectivity index (χ3v) is 6.26. The van der Waals surface area contributed by atoms with E-state index in [-0.39, 0.29) is 23.1 Å². The molecule has 0 bridgehead atoms. The molecule has 1 N–H and O–H groups in total. The summed E-state index contributed by atoms with van der Waals surface area (Å²) in [6.45, 7) is 3.17. The molecule has 7 heteroatoms. The Bertz CT molecular complexity index is 1040. The van der Waals surface area contributed by atoms with Crippen molar-refractivity contribution in [3.63, 3.8) is 0 Å². The Balaban J connectivity index is 0.00000182. The largest absolute Gasteiger partial charge is 0.312 e. The Hall–Kier alpha value is -1.89. The second kappa shape index (κ2) is 6.44. The smallest absolute Gasteiger partial charge is 0.268 e. The highest BCUT2D eigenvalue weighted by Gasteiger charge is 2.28. The number of aromatic nitrogens is 1. The number of fused-ring (bicyclic) bond motifs is 3. The van der Waals surface area contributed by atoms with E-state index < -0.39 is 10.0 Å². The molecule has 0 spiro atoms. The molecular formula is C18H18ClFN2O2S. The maximum absolute atomic E-state index is 13.7. The van der Waals surface area contributed by atoms with Crippen molar-refractivity contribution in [3.05, 3.63) is 65.1 Å². The predicted molar refractivity (Wildman–Crippen MR) is 98.3 cm³/mol. The summed E-state index contributed by atoms with van der Waals surface area (Å²) in [6, 6.07) is 11.1. The Morgan fingerprint density at radius 2 is 1.84 bits per heavy atom. The molecule has 1 aliphatic heterocycles. The monoisotopic (exact) mass is 380 g/mol. The average molecular weight is 381 g/mol. The van der Waals surface area contributed by atoms with Gasteiger partial charge in [0, 0.05) is 30.6 Å². The molecule has 3 aromatic rings. The van der Waals surface area contributed by atoms with E-state index >= 15 is 0 Å². The summed E-state index contributed by atoms with van der Waals surface area (Å²) in [5, 5.41) is 3.89. The van der Waals surface area contributed by atoms with Gasteiger partial charge in [0.25, 0.3) is 10.0 Å². The van der Waals surface area contributed by atoms with Crippen LogP contribution in [-0.4, -0.2) is 18.9 Å². The van der Waals surface area contributed by atoms with Crippen molar-refractivity contribution in [2.24, 2.45) is 0 Å². The van der Waals surface area contributed by atoms with Crippen molar-refractivity contribution in [1.82, 2.24) is 9.29 Å². The van der Waals surface area contributed by atoms with E-state index in [1.54, 1.807) is 30.3 Å². The van der Waals surface area contributed by atoms with Crippen LogP contribution in [0.2, 0.25) is 0 Å². The number of benzene rings is 2. The molecule has 4 rings (SSSR count). The fourth-order valence-electron chi connectivity index (χ4n) is 3.31. The van der Waals surface area contributed by atoms with Crippen LogP contribution in [0.3, 0.4) is 0 Å². The first kappa shape index (κ1) is 17.9. The molecule has 0 atom stereocenters. The third kappa shape index (κ3) is 2.84. The highest BCUT2D eigenvalue weighted by molar-refractivity contribution is 7.90. The fourth-order valence-corrected chi connectivity index (χ4v) is 4.91. The number of hydrogen-bond donors (Lipinski definition) is 1. The van der Waals surface area contributed by atoms with Gasteiger partial charge in [-0.2, -0.15) is 0 Å². The number of nitrogens with one attached hydrogen (secondary N) is 1. The summed E-state index contributed by atoms with van der Waals surface area (Å²) in [7, 11) is -3.73. The minimum atomic E-state index is -3.73. The molecule has 0 saturated carbocycles. The summed E-state index contributed by atoms with van der Waals surface area (Å²) in [6.07, 6.45) is 0.594. The van der Waals surface area contributed by atoms with E-state index in [1.807, 2.05) is 6.92 Å². The van der Waals surface area contributed by atoms with Crippen LogP contribution in [0.15, 0.2) is 47.4 Å². The van der Waals surface area contributed by atoms with Gasteiger partial charge in [-0.05, 0) is 42.8 Å². The van der Waals surface area contributed by atoms with Crippen LogP contribution in [0.4, 0.5) is 4.39 Å². The maximum Gasteiger partial charge on any atom is 0.268 e. The van der Waals surface area contributed by atoms with Crippen molar-refractivity contribution in [2.45, 2.75) is 24.8 Å². The van der Waals surface area contributed by atoms with Crippen LogP contribution in [0.5, 0.6) is 0 Å². The predicted octanol–water partition coefficient (Wildman–Crippen LogP) is 3.39. The van der Waals surface area contributed by atoms with Crippen LogP contribution in [0.1, 0.15) is 16.8 Å². The minimum absolute atomic E-state index is 0. The van der Waals surface area contributed by atoms with E-state index in [9.17, 15) is 12.8 Å². The first-order valence-corrected chi connectivity index (χ1v) is 9.27. The molecule has 0 amide bonds. The van der Waals surface area contributed by atoms with Crippen LogP contribution >= 0.6 is 12.4 Å². The van der Waals surface area contributed by atoms with Crippen molar-refractivity contribution >= 4 is 33.3 Å². The molecule has 0 radical (unpaired) electrons. The van der Waals surface area contributed by atoms with E-state index in [2.05, 4.69) is 5.32 Å². The Kier molecular flexibility index (Phi) is 4.62. The minimum Gasteiger partial charge on any atom is -0.312 e. The molecule has 0 saturated heterocycles. The van der Waals surface area contributed by atoms with Gasteiger partial charge in [0.1, 0.15) is 5.82 Å². The maximum atomic E-state index is 13.7. The Morgan fingerprint density at radius 3 is 2.56 bits per heavy atom. The molecule has 2 heterocycles. The summed E-state index contributed by atoms with van der Waals surface area (Å²) >= 11 is 0. The van der Waals surface area contributed by atoms with Gasteiger partial charge in [0.15, 0.2) is 0 Å². The van der Waals surface area contributed by atoms with Crippen molar-refractivity contribution in [1.29, 1.82) is 0 Å². The van der Waals surface area contributed by atoms with E-state index in [1.165, 1.54) is 16.1 Å². The van der Waals surface area contributed by atoms with Crippen molar-refractivity contribution in [3.8, 4) is 0 Å². The lowest BCUT2D eigenvalue weighted by Gasteiger charge is -2.17. The second-order valence-corrected chi connectivity index (χ2v) is 7.88. The van der Waals surface area contributed by atoms with Crippen LogP contribution in [0, 0.1) is 12.7 Å².